The molecule has 0 atom stereocenters. The van der Waals surface area contributed by atoms with Crippen molar-refractivity contribution in [2.24, 2.45) is 0 Å². The fourth-order valence-corrected chi connectivity index (χ4v) is 3.42. The number of aromatic nitrogens is 2. The summed E-state index contributed by atoms with van der Waals surface area (Å²) < 4.78 is 5.78. The maximum atomic E-state index is 10.9. The number of benzene rings is 2. The molecule has 0 radical (unpaired) electrons. The molecule has 6 nitrogen and oxygen atoms in total. The van der Waals surface area contributed by atoms with Gasteiger partial charge in [-0.15, -0.1) is 0 Å². The van der Waals surface area contributed by atoms with Crippen LogP contribution in [0.25, 0.3) is 22.7 Å². The largest absolute Gasteiger partial charge is 0.478 e. The summed E-state index contributed by atoms with van der Waals surface area (Å²) in [5.41, 5.74) is 3.01. The van der Waals surface area contributed by atoms with E-state index >= 15 is 0 Å². The number of aromatic carboxylic acids is 1. The van der Waals surface area contributed by atoms with E-state index in [0.717, 1.165) is 16.2 Å². The number of nitriles is 1. The highest BCUT2D eigenvalue weighted by molar-refractivity contribution is 7.99. The molecule has 0 unspecified atom stereocenters. The number of rotatable bonds is 5. The molecule has 0 bridgehead atoms. The number of fused-ring (bicyclic) bond motifs is 1. The Bertz CT molecular complexity index is 1200. The third kappa shape index (κ3) is 3.68. The lowest BCUT2D eigenvalue weighted by Gasteiger charge is -2.00. The van der Waals surface area contributed by atoms with Crippen LogP contribution in [0.3, 0.4) is 0 Å². The highest BCUT2D eigenvalue weighted by Gasteiger charge is 2.09. The monoisotopic (exact) mass is 387 g/mol. The summed E-state index contributed by atoms with van der Waals surface area (Å²) in [5, 5.41) is 19.8. The van der Waals surface area contributed by atoms with Crippen molar-refractivity contribution in [2.45, 2.75) is 10.2 Å². The first-order valence-electron chi connectivity index (χ1n) is 8.30. The van der Waals surface area contributed by atoms with Crippen LogP contribution in [-0.4, -0.2) is 21.0 Å². The molecule has 2 aromatic carbocycles. The van der Waals surface area contributed by atoms with Crippen LogP contribution >= 0.6 is 11.8 Å². The lowest BCUT2D eigenvalue weighted by Crippen LogP contribution is -1.95. The second-order valence-corrected chi connectivity index (χ2v) is 6.86. The number of H-pyrrole nitrogens is 1. The number of para-hydroxylation sites is 2. The van der Waals surface area contributed by atoms with E-state index in [1.165, 1.54) is 23.9 Å². The Labute approximate surface area is 164 Å². The normalized spacial score (nSPS) is 11.5. The minimum Gasteiger partial charge on any atom is -0.478 e. The van der Waals surface area contributed by atoms with E-state index in [1.54, 1.807) is 24.3 Å². The van der Waals surface area contributed by atoms with Crippen LogP contribution in [0.2, 0.25) is 0 Å². The summed E-state index contributed by atoms with van der Waals surface area (Å²) in [5.74, 6) is -0.482. The van der Waals surface area contributed by atoms with E-state index in [9.17, 15) is 10.1 Å². The maximum absolute atomic E-state index is 10.9. The molecule has 0 aliphatic heterocycles. The first kappa shape index (κ1) is 17.6. The molecule has 2 aromatic heterocycles. The molecule has 0 aliphatic rings. The lowest BCUT2D eigenvalue weighted by molar-refractivity contribution is 0.0697. The Morgan fingerprint density at radius 1 is 1.11 bits per heavy atom. The van der Waals surface area contributed by atoms with Gasteiger partial charge in [-0.3, -0.25) is 0 Å². The Morgan fingerprint density at radius 2 is 1.86 bits per heavy atom. The second-order valence-electron chi connectivity index (χ2n) is 5.87. The van der Waals surface area contributed by atoms with Crippen molar-refractivity contribution >= 4 is 40.4 Å². The standard InChI is InChI=1S/C21H13N3O3S/c22-12-15(13-5-7-14(8-6-13)20(25)26)11-16-9-10-19(27-16)28-21-23-17-3-1-2-4-18(17)24-21/h1-11H,(H,23,24)(H,25,26)/b15-11+. The van der Waals surface area contributed by atoms with E-state index in [1.807, 2.05) is 30.3 Å². The minimum absolute atomic E-state index is 0.170. The summed E-state index contributed by atoms with van der Waals surface area (Å²) in [7, 11) is 0. The first-order chi connectivity index (χ1) is 13.6. The topological polar surface area (TPSA) is 103 Å². The molecule has 0 spiro atoms. The van der Waals surface area contributed by atoms with Gasteiger partial charge in [0.15, 0.2) is 10.2 Å². The van der Waals surface area contributed by atoms with E-state index in [-0.39, 0.29) is 5.56 Å². The van der Waals surface area contributed by atoms with Gasteiger partial charge in [-0.1, -0.05) is 24.3 Å². The van der Waals surface area contributed by atoms with Crippen LogP contribution in [0.5, 0.6) is 0 Å². The number of aromatic amines is 1. The molecule has 2 heterocycles. The van der Waals surface area contributed by atoms with Gasteiger partial charge in [0.25, 0.3) is 0 Å². The van der Waals surface area contributed by atoms with Gasteiger partial charge >= 0.3 is 5.97 Å². The molecular weight excluding hydrogens is 374 g/mol. The second kappa shape index (κ2) is 7.47. The molecule has 2 N–H and O–H groups in total. The molecular formula is C21H13N3O3S. The summed E-state index contributed by atoms with van der Waals surface area (Å²) in [6, 6.07) is 19.6. The molecule has 0 aliphatic carbocycles. The van der Waals surface area contributed by atoms with Gasteiger partial charge in [-0.05, 0) is 59.8 Å². The van der Waals surface area contributed by atoms with E-state index in [4.69, 9.17) is 9.52 Å². The zero-order valence-electron chi connectivity index (χ0n) is 14.4. The first-order valence-corrected chi connectivity index (χ1v) is 9.12. The summed E-state index contributed by atoms with van der Waals surface area (Å²) in [4.78, 5) is 18.7. The number of hydrogen-bond acceptors (Lipinski definition) is 5. The van der Waals surface area contributed by atoms with Crippen LogP contribution in [0.4, 0.5) is 0 Å². The number of carbonyl (C=O) groups is 1. The van der Waals surface area contributed by atoms with Crippen molar-refractivity contribution in [3.63, 3.8) is 0 Å². The molecule has 4 aromatic rings. The Balaban J connectivity index is 1.55. The van der Waals surface area contributed by atoms with E-state index < -0.39 is 5.97 Å². The average molecular weight is 387 g/mol. The summed E-state index contributed by atoms with van der Waals surface area (Å²) >= 11 is 1.36. The third-order valence-corrected chi connectivity index (χ3v) is 4.82. The Hall–Kier alpha value is -3.76. The van der Waals surface area contributed by atoms with Crippen molar-refractivity contribution in [1.82, 2.24) is 9.97 Å². The fourth-order valence-electron chi connectivity index (χ4n) is 2.65. The van der Waals surface area contributed by atoms with E-state index in [0.29, 0.717) is 22.0 Å². The van der Waals surface area contributed by atoms with Crippen LogP contribution in [0.15, 0.2) is 75.3 Å². The SMILES string of the molecule is N#C/C(=C\c1ccc(Sc2nc3ccccc3[nH]2)o1)c1ccc(C(=O)O)cc1. The molecule has 0 saturated carbocycles. The molecule has 7 heteroatoms. The van der Waals surface area contributed by atoms with Gasteiger partial charge in [0.05, 0.1) is 28.2 Å². The molecule has 0 saturated heterocycles. The van der Waals surface area contributed by atoms with Crippen LogP contribution in [0, 0.1) is 11.3 Å². The maximum Gasteiger partial charge on any atom is 0.335 e. The predicted octanol–water partition coefficient (Wildman–Crippen LogP) is 5.07. The van der Waals surface area contributed by atoms with Crippen molar-refractivity contribution in [3.8, 4) is 6.07 Å². The van der Waals surface area contributed by atoms with Crippen molar-refractivity contribution in [3.05, 3.63) is 77.6 Å². The number of carboxylic acid groups (broad SMARTS) is 1. The van der Waals surface area contributed by atoms with Gasteiger partial charge in [0, 0.05) is 0 Å². The zero-order valence-corrected chi connectivity index (χ0v) is 15.2. The van der Waals surface area contributed by atoms with Gasteiger partial charge in [0.1, 0.15) is 5.76 Å². The quantitative estimate of drug-likeness (QED) is 0.464. The number of hydrogen-bond donors (Lipinski definition) is 2. The third-order valence-electron chi connectivity index (χ3n) is 4.02. The van der Waals surface area contributed by atoms with Crippen molar-refractivity contribution in [1.29, 1.82) is 5.26 Å². The van der Waals surface area contributed by atoms with Gasteiger partial charge in [-0.25, -0.2) is 9.78 Å². The molecule has 136 valence electrons. The molecule has 0 fully saturated rings. The average Bonchev–Trinajstić information content (AvgIpc) is 3.32. The van der Waals surface area contributed by atoms with Gasteiger partial charge in [-0.2, -0.15) is 5.26 Å². The number of imidazole rings is 1. The summed E-state index contributed by atoms with van der Waals surface area (Å²) in [6.45, 7) is 0. The number of furan rings is 1. The van der Waals surface area contributed by atoms with Crippen LogP contribution < -0.4 is 0 Å². The summed E-state index contributed by atoms with van der Waals surface area (Å²) in [6.07, 6.45) is 1.62. The van der Waals surface area contributed by atoms with E-state index in [2.05, 4.69) is 16.0 Å². The number of nitrogens with one attached hydrogen (secondary N) is 1. The van der Waals surface area contributed by atoms with Crippen molar-refractivity contribution in [2.75, 3.05) is 0 Å². The smallest absolute Gasteiger partial charge is 0.335 e. The van der Waals surface area contributed by atoms with Gasteiger partial charge in [0.2, 0.25) is 0 Å². The molecule has 0 amide bonds. The number of nitrogens with zero attached hydrogens (tertiary/aromatic N) is 2. The lowest BCUT2D eigenvalue weighted by atomic mass is 10.0. The van der Waals surface area contributed by atoms with Crippen LogP contribution in [0.1, 0.15) is 21.7 Å². The molecule has 4 rings (SSSR count). The Kier molecular flexibility index (Phi) is 4.70. The molecule has 28 heavy (non-hydrogen) atoms. The van der Waals surface area contributed by atoms with Crippen LogP contribution in [-0.2, 0) is 0 Å². The minimum atomic E-state index is -1.01. The zero-order chi connectivity index (χ0) is 19.5. The fraction of sp³-hybridized carbons (Fsp3) is 0. The predicted molar refractivity (Wildman–Crippen MR) is 106 cm³/mol. The van der Waals surface area contributed by atoms with Crippen molar-refractivity contribution < 1.29 is 14.3 Å². The van der Waals surface area contributed by atoms with Gasteiger partial charge < -0.3 is 14.5 Å². The Morgan fingerprint density at radius 3 is 2.57 bits per heavy atom. The highest BCUT2D eigenvalue weighted by atomic mass is 32.2. The number of carboxylic acids is 1. The number of allylic oxidation sites excluding steroid dienone is 1. The highest BCUT2D eigenvalue weighted by Crippen LogP contribution is 2.30.